The predicted octanol–water partition coefficient (Wildman–Crippen LogP) is 4.62. The molecule has 74 valence electrons. The zero-order valence-corrected chi connectivity index (χ0v) is 9.17. The number of benzene rings is 1. The van der Waals surface area contributed by atoms with Crippen LogP contribution in [0.4, 0.5) is 0 Å². The highest BCUT2D eigenvalue weighted by molar-refractivity contribution is 6.30. The molecule has 0 atom stereocenters. The van der Waals surface area contributed by atoms with E-state index in [9.17, 15) is 0 Å². The van der Waals surface area contributed by atoms with Gasteiger partial charge in [0.05, 0.1) is 0 Å². The summed E-state index contributed by atoms with van der Waals surface area (Å²) in [7, 11) is 0. The summed E-state index contributed by atoms with van der Waals surface area (Å²) in [5.41, 5.74) is 1.41. The lowest BCUT2D eigenvalue weighted by Crippen LogP contribution is -1.76. The first-order valence-electron chi connectivity index (χ1n) is 4.83. The standard InChI is InChI=1S/C7H10.C6H5Cl/c1-7-5-3-2-4-6-7;7-6-4-2-1-3-5-6/h3,5-6H,2,4H2,1H3;1-5H. The van der Waals surface area contributed by atoms with E-state index in [1.54, 1.807) is 0 Å². The van der Waals surface area contributed by atoms with Crippen LogP contribution in [0.2, 0.25) is 5.02 Å². The van der Waals surface area contributed by atoms with E-state index in [-0.39, 0.29) is 0 Å². The Kier molecular flexibility index (Phi) is 5.09. The highest BCUT2D eigenvalue weighted by Crippen LogP contribution is 2.07. The Balaban J connectivity index is 0.000000140. The highest BCUT2D eigenvalue weighted by atomic mass is 35.5. The van der Waals surface area contributed by atoms with E-state index in [0.717, 1.165) is 5.02 Å². The molecule has 1 heteroatoms. The van der Waals surface area contributed by atoms with E-state index < -0.39 is 0 Å². The van der Waals surface area contributed by atoms with Crippen LogP contribution in [0.1, 0.15) is 19.8 Å². The molecule has 0 bridgehead atoms. The molecule has 1 aliphatic rings. The van der Waals surface area contributed by atoms with Crippen molar-refractivity contribution in [2.24, 2.45) is 0 Å². The average molecular weight is 207 g/mol. The van der Waals surface area contributed by atoms with Gasteiger partial charge in [0.1, 0.15) is 0 Å². The summed E-state index contributed by atoms with van der Waals surface area (Å²) >= 11 is 5.54. The van der Waals surface area contributed by atoms with E-state index in [0.29, 0.717) is 0 Å². The van der Waals surface area contributed by atoms with Crippen LogP contribution >= 0.6 is 11.6 Å². The fourth-order valence-corrected chi connectivity index (χ4v) is 1.30. The molecule has 0 aliphatic heterocycles. The molecule has 0 fully saturated rings. The Labute approximate surface area is 90.9 Å². The van der Waals surface area contributed by atoms with Crippen molar-refractivity contribution in [1.82, 2.24) is 0 Å². The molecule has 0 heterocycles. The van der Waals surface area contributed by atoms with Crippen molar-refractivity contribution in [2.75, 3.05) is 0 Å². The van der Waals surface area contributed by atoms with Gasteiger partial charge in [-0.2, -0.15) is 0 Å². The van der Waals surface area contributed by atoms with Crippen molar-refractivity contribution in [2.45, 2.75) is 19.8 Å². The van der Waals surface area contributed by atoms with Gasteiger partial charge in [-0.1, -0.05) is 53.6 Å². The Morgan fingerprint density at radius 3 is 2.07 bits per heavy atom. The lowest BCUT2D eigenvalue weighted by Gasteiger charge is -1.96. The fourth-order valence-electron chi connectivity index (χ4n) is 1.16. The third-order valence-electron chi connectivity index (χ3n) is 1.91. The van der Waals surface area contributed by atoms with Gasteiger partial charge in [-0.25, -0.2) is 0 Å². The summed E-state index contributed by atoms with van der Waals surface area (Å²) < 4.78 is 0. The van der Waals surface area contributed by atoms with Gasteiger partial charge >= 0.3 is 0 Å². The summed E-state index contributed by atoms with van der Waals surface area (Å²) in [5, 5.41) is 0.794. The Bertz CT molecular complexity index is 309. The molecule has 0 radical (unpaired) electrons. The lowest BCUT2D eigenvalue weighted by atomic mass is 10.1. The van der Waals surface area contributed by atoms with Crippen LogP contribution in [-0.2, 0) is 0 Å². The van der Waals surface area contributed by atoms with E-state index in [4.69, 9.17) is 11.6 Å². The molecular formula is C13H15Cl. The maximum absolute atomic E-state index is 5.54. The van der Waals surface area contributed by atoms with Crippen LogP contribution in [0.5, 0.6) is 0 Å². The largest absolute Gasteiger partial charge is 0.0843 e. The van der Waals surface area contributed by atoms with E-state index in [1.807, 2.05) is 30.3 Å². The van der Waals surface area contributed by atoms with Crippen LogP contribution in [0, 0.1) is 0 Å². The van der Waals surface area contributed by atoms with Crippen LogP contribution < -0.4 is 0 Å². The van der Waals surface area contributed by atoms with Gasteiger partial charge in [0.2, 0.25) is 0 Å². The van der Waals surface area contributed by atoms with Crippen LogP contribution in [-0.4, -0.2) is 0 Å². The van der Waals surface area contributed by atoms with Crippen molar-refractivity contribution in [3.8, 4) is 0 Å². The average Bonchev–Trinajstić information content (AvgIpc) is 2.21. The normalized spacial score (nSPS) is 14.0. The van der Waals surface area contributed by atoms with Gasteiger partial charge in [-0.15, -0.1) is 0 Å². The highest BCUT2D eigenvalue weighted by Gasteiger charge is 1.86. The zero-order chi connectivity index (χ0) is 10.2. The molecule has 0 aromatic heterocycles. The second kappa shape index (κ2) is 6.44. The summed E-state index contributed by atoms with van der Waals surface area (Å²) in [6.07, 6.45) is 9.12. The van der Waals surface area contributed by atoms with Gasteiger partial charge in [-0.3, -0.25) is 0 Å². The molecule has 0 amide bonds. The second-order valence-electron chi connectivity index (χ2n) is 3.22. The maximum Gasteiger partial charge on any atom is 0.0405 e. The summed E-state index contributed by atoms with van der Waals surface area (Å²) in [5.74, 6) is 0. The van der Waals surface area contributed by atoms with Crippen molar-refractivity contribution >= 4 is 11.6 Å². The van der Waals surface area contributed by atoms with E-state index in [2.05, 4.69) is 25.2 Å². The van der Waals surface area contributed by atoms with E-state index >= 15 is 0 Å². The van der Waals surface area contributed by atoms with Crippen LogP contribution in [0.15, 0.2) is 54.1 Å². The summed E-state index contributed by atoms with van der Waals surface area (Å²) in [6, 6.07) is 9.44. The molecule has 1 aliphatic carbocycles. The molecule has 1 aromatic carbocycles. The lowest BCUT2D eigenvalue weighted by molar-refractivity contribution is 1.02. The van der Waals surface area contributed by atoms with Crippen molar-refractivity contribution in [3.05, 3.63) is 59.2 Å². The first kappa shape index (κ1) is 11.1. The number of halogens is 1. The number of hydrogen-bond acceptors (Lipinski definition) is 0. The minimum absolute atomic E-state index is 0.794. The van der Waals surface area contributed by atoms with Crippen LogP contribution in [0.25, 0.3) is 0 Å². The predicted molar refractivity (Wildman–Crippen MR) is 63.6 cm³/mol. The third-order valence-corrected chi connectivity index (χ3v) is 2.17. The number of rotatable bonds is 0. The molecular weight excluding hydrogens is 192 g/mol. The fraction of sp³-hybridized carbons (Fsp3) is 0.231. The molecule has 0 unspecified atom stereocenters. The number of hydrogen-bond donors (Lipinski definition) is 0. The van der Waals surface area contributed by atoms with Gasteiger partial charge in [-0.05, 0) is 31.9 Å². The minimum atomic E-state index is 0.794. The van der Waals surface area contributed by atoms with Crippen molar-refractivity contribution < 1.29 is 0 Å². The Hall–Kier alpha value is -1.01. The monoisotopic (exact) mass is 206 g/mol. The molecule has 0 N–H and O–H groups in total. The summed E-state index contributed by atoms with van der Waals surface area (Å²) in [6.45, 7) is 2.13. The molecule has 2 rings (SSSR count). The second-order valence-corrected chi connectivity index (χ2v) is 3.66. The molecule has 0 saturated heterocycles. The van der Waals surface area contributed by atoms with Gasteiger partial charge in [0, 0.05) is 5.02 Å². The van der Waals surface area contributed by atoms with Gasteiger partial charge in [0.25, 0.3) is 0 Å². The SMILES string of the molecule is CC1=CCCC=C1.Clc1ccccc1. The Morgan fingerprint density at radius 2 is 1.79 bits per heavy atom. The van der Waals surface area contributed by atoms with Crippen molar-refractivity contribution in [3.63, 3.8) is 0 Å². The van der Waals surface area contributed by atoms with E-state index in [1.165, 1.54) is 18.4 Å². The smallest absolute Gasteiger partial charge is 0.0405 e. The van der Waals surface area contributed by atoms with Crippen LogP contribution in [0.3, 0.4) is 0 Å². The number of allylic oxidation sites excluding steroid dienone is 4. The topological polar surface area (TPSA) is 0 Å². The molecule has 1 aromatic rings. The third kappa shape index (κ3) is 4.88. The van der Waals surface area contributed by atoms with Crippen molar-refractivity contribution in [1.29, 1.82) is 0 Å². The van der Waals surface area contributed by atoms with Gasteiger partial charge in [0.15, 0.2) is 0 Å². The molecule has 14 heavy (non-hydrogen) atoms. The first-order chi connectivity index (χ1) is 6.79. The molecule has 0 nitrogen and oxygen atoms in total. The minimum Gasteiger partial charge on any atom is -0.0843 e. The quantitative estimate of drug-likeness (QED) is 0.581. The summed E-state index contributed by atoms with van der Waals surface area (Å²) in [4.78, 5) is 0. The zero-order valence-electron chi connectivity index (χ0n) is 8.41. The van der Waals surface area contributed by atoms with Gasteiger partial charge < -0.3 is 0 Å². The maximum atomic E-state index is 5.54. The Morgan fingerprint density at radius 1 is 1.07 bits per heavy atom. The first-order valence-corrected chi connectivity index (χ1v) is 5.20. The molecule has 0 saturated carbocycles. The molecule has 0 spiro atoms.